The van der Waals surface area contributed by atoms with Crippen LogP contribution >= 0.6 is 15.9 Å². The van der Waals surface area contributed by atoms with Gasteiger partial charge < -0.3 is 4.90 Å². The van der Waals surface area contributed by atoms with Crippen molar-refractivity contribution in [1.29, 1.82) is 0 Å². The van der Waals surface area contributed by atoms with Gasteiger partial charge in [-0.1, -0.05) is 11.2 Å². The molecule has 0 radical (unpaired) electrons. The fraction of sp³-hybridized carbons (Fsp3) is 0.417. The third-order valence-corrected chi connectivity index (χ3v) is 4.02. The molecule has 1 aromatic carbocycles. The summed E-state index contributed by atoms with van der Waals surface area (Å²) in [5.74, 6) is -0.469. The number of alkyl halides is 3. The number of anilines is 1. The van der Waals surface area contributed by atoms with Crippen molar-refractivity contribution in [2.75, 3.05) is 18.0 Å². The van der Waals surface area contributed by atoms with E-state index in [0.717, 1.165) is 6.07 Å². The van der Waals surface area contributed by atoms with Crippen molar-refractivity contribution in [2.45, 2.75) is 12.6 Å². The van der Waals surface area contributed by atoms with Gasteiger partial charge in [-0.2, -0.15) is 13.2 Å². The molecule has 1 heterocycles. The molecule has 1 fully saturated rings. The van der Waals surface area contributed by atoms with E-state index in [0.29, 0.717) is 0 Å². The lowest BCUT2D eigenvalue weighted by molar-refractivity contribution is -0.138. The average Bonchev–Trinajstić information content (AvgIpc) is 2.76. The number of amides is 1. The van der Waals surface area contributed by atoms with Crippen LogP contribution in [0.3, 0.4) is 0 Å². The molecule has 0 spiro atoms. The second-order valence-corrected chi connectivity index (χ2v) is 5.42. The number of nitrogens with zero attached hydrogens (tertiary/aromatic N) is 4. The molecule has 21 heavy (non-hydrogen) atoms. The Kier molecular flexibility index (Phi) is 4.43. The number of carbonyl (C=O) groups is 1. The van der Waals surface area contributed by atoms with Crippen LogP contribution in [0.1, 0.15) is 12.0 Å². The molecular formula is C12H10BrF3N4O. The molecule has 9 heteroatoms. The lowest BCUT2D eigenvalue weighted by Gasteiger charge is -2.20. The van der Waals surface area contributed by atoms with Crippen molar-refractivity contribution < 1.29 is 18.0 Å². The first-order valence-corrected chi connectivity index (χ1v) is 6.81. The van der Waals surface area contributed by atoms with E-state index in [1.165, 1.54) is 17.0 Å². The summed E-state index contributed by atoms with van der Waals surface area (Å²) in [6.07, 6.45) is -4.34. The molecule has 0 bridgehead atoms. The normalized spacial score (nSPS) is 18.8. The fourth-order valence-corrected chi connectivity index (χ4v) is 2.94. The van der Waals surface area contributed by atoms with Gasteiger partial charge >= 0.3 is 6.18 Å². The Balaban J connectivity index is 2.31. The van der Waals surface area contributed by atoms with E-state index in [1.807, 2.05) is 0 Å². The lowest BCUT2D eigenvalue weighted by atomic mass is 10.1. The first kappa shape index (κ1) is 15.7. The van der Waals surface area contributed by atoms with Crippen LogP contribution in [0.2, 0.25) is 0 Å². The Labute approximate surface area is 126 Å². The van der Waals surface area contributed by atoms with E-state index < -0.39 is 11.7 Å². The highest BCUT2D eigenvalue weighted by Gasteiger charge is 2.37. The summed E-state index contributed by atoms with van der Waals surface area (Å²) in [5.41, 5.74) is 7.62. The molecule has 0 aliphatic carbocycles. The zero-order chi connectivity index (χ0) is 15.6. The predicted molar refractivity (Wildman–Crippen MR) is 73.6 cm³/mol. The Bertz CT molecular complexity index is 613. The molecule has 2 rings (SSSR count). The van der Waals surface area contributed by atoms with Gasteiger partial charge in [0.05, 0.1) is 15.7 Å². The van der Waals surface area contributed by atoms with Crippen molar-refractivity contribution in [1.82, 2.24) is 0 Å². The van der Waals surface area contributed by atoms with Gasteiger partial charge in [0.2, 0.25) is 5.91 Å². The quantitative estimate of drug-likeness (QED) is 0.452. The minimum absolute atomic E-state index is 0.148. The average molecular weight is 363 g/mol. The van der Waals surface area contributed by atoms with Crippen LogP contribution in [0.4, 0.5) is 18.9 Å². The molecule has 1 saturated heterocycles. The van der Waals surface area contributed by atoms with Crippen LogP contribution in [0, 0.1) is 5.92 Å². The number of azide groups is 1. The maximum absolute atomic E-state index is 12.9. The highest BCUT2D eigenvalue weighted by molar-refractivity contribution is 9.10. The molecule has 1 amide bonds. The van der Waals surface area contributed by atoms with Gasteiger partial charge in [0.25, 0.3) is 0 Å². The van der Waals surface area contributed by atoms with Gasteiger partial charge in [-0.15, -0.1) is 0 Å². The number of carbonyl (C=O) groups excluding carboxylic acids is 1. The van der Waals surface area contributed by atoms with Crippen LogP contribution in [-0.4, -0.2) is 19.0 Å². The van der Waals surface area contributed by atoms with Crippen LogP contribution in [-0.2, 0) is 11.0 Å². The van der Waals surface area contributed by atoms with Gasteiger partial charge in [-0.05, 0) is 39.5 Å². The molecule has 1 aliphatic rings. The van der Waals surface area contributed by atoms with Crippen LogP contribution in [0.15, 0.2) is 27.8 Å². The molecule has 1 aromatic rings. The Hall–Kier alpha value is -1.73. The second kappa shape index (κ2) is 5.95. The number of hydrogen-bond acceptors (Lipinski definition) is 2. The molecule has 0 aromatic heterocycles. The summed E-state index contributed by atoms with van der Waals surface area (Å²) >= 11 is 2.93. The minimum Gasteiger partial charge on any atom is -0.311 e. The van der Waals surface area contributed by atoms with E-state index in [2.05, 4.69) is 26.0 Å². The van der Waals surface area contributed by atoms with Crippen molar-refractivity contribution in [2.24, 2.45) is 11.0 Å². The molecule has 1 unspecified atom stereocenters. The van der Waals surface area contributed by atoms with E-state index >= 15 is 0 Å². The first-order chi connectivity index (χ1) is 9.84. The zero-order valence-corrected chi connectivity index (χ0v) is 12.2. The third kappa shape index (κ3) is 3.30. The van der Waals surface area contributed by atoms with Crippen molar-refractivity contribution in [3.63, 3.8) is 0 Å². The van der Waals surface area contributed by atoms with E-state index in [1.54, 1.807) is 0 Å². The SMILES string of the molecule is [N-]=[N+]=NCC1CC(=O)N(c2cccc(C(F)(F)F)c2Br)C1. The standard InChI is InChI=1S/C12H10BrF3N4O/c13-11-8(12(14,15)16)2-1-3-9(11)20-6-7(4-10(20)21)5-18-19-17/h1-3,7H,4-6H2. The predicted octanol–water partition coefficient (Wildman–Crippen LogP) is 4.13. The van der Waals surface area contributed by atoms with Gasteiger partial charge in [-0.25, -0.2) is 0 Å². The summed E-state index contributed by atoms with van der Waals surface area (Å²) in [5, 5.41) is 3.41. The summed E-state index contributed by atoms with van der Waals surface area (Å²) in [7, 11) is 0. The molecule has 1 aliphatic heterocycles. The Morgan fingerprint density at radius 3 is 2.81 bits per heavy atom. The molecule has 1 atom stereocenters. The van der Waals surface area contributed by atoms with Crippen LogP contribution in [0.5, 0.6) is 0 Å². The van der Waals surface area contributed by atoms with Crippen molar-refractivity contribution in [3.05, 3.63) is 38.7 Å². The fourth-order valence-electron chi connectivity index (χ4n) is 2.24. The maximum atomic E-state index is 12.9. The Morgan fingerprint density at radius 2 is 2.19 bits per heavy atom. The van der Waals surface area contributed by atoms with E-state index in [9.17, 15) is 18.0 Å². The monoisotopic (exact) mass is 362 g/mol. The topological polar surface area (TPSA) is 69.1 Å². The zero-order valence-electron chi connectivity index (χ0n) is 10.6. The number of hydrogen-bond donors (Lipinski definition) is 0. The summed E-state index contributed by atoms with van der Waals surface area (Å²) in [4.78, 5) is 15.9. The molecule has 0 N–H and O–H groups in total. The number of rotatable bonds is 3. The summed E-state index contributed by atoms with van der Waals surface area (Å²) in [6.45, 7) is 0.382. The highest BCUT2D eigenvalue weighted by Crippen LogP contribution is 2.41. The van der Waals surface area contributed by atoms with Crippen molar-refractivity contribution >= 4 is 27.5 Å². The van der Waals surface area contributed by atoms with Crippen molar-refractivity contribution in [3.8, 4) is 0 Å². The van der Waals surface area contributed by atoms with Gasteiger partial charge in [0.15, 0.2) is 0 Å². The largest absolute Gasteiger partial charge is 0.417 e. The maximum Gasteiger partial charge on any atom is 0.417 e. The molecule has 112 valence electrons. The number of benzene rings is 1. The molecule has 5 nitrogen and oxygen atoms in total. The van der Waals surface area contributed by atoms with Crippen LogP contribution < -0.4 is 4.90 Å². The van der Waals surface area contributed by atoms with Gasteiger partial charge in [-0.3, -0.25) is 4.79 Å². The smallest absolute Gasteiger partial charge is 0.311 e. The Morgan fingerprint density at radius 1 is 1.48 bits per heavy atom. The second-order valence-electron chi connectivity index (χ2n) is 4.62. The van der Waals surface area contributed by atoms with E-state index in [4.69, 9.17) is 5.53 Å². The molecular weight excluding hydrogens is 353 g/mol. The number of halogens is 4. The summed E-state index contributed by atoms with van der Waals surface area (Å²) in [6, 6.07) is 3.66. The first-order valence-electron chi connectivity index (χ1n) is 6.01. The lowest BCUT2D eigenvalue weighted by Crippen LogP contribution is -2.25. The van der Waals surface area contributed by atoms with Crippen LogP contribution in [0.25, 0.3) is 10.4 Å². The van der Waals surface area contributed by atoms with Gasteiger partial charge in [0, 0.05) is 24.4 Å². The van der Waals surface area contributed by atoms with Gasteiger partial charge in [0.1, 0.15) is 0 Å². The highest BCUT2D eigenvalue weighted by atomic mass is 79.9. The molecule has 0 saturated carbocycles. The third-order valence-electron chi connectivity index (χ3n) is 3.18. The van der Waals surface area contributed by atoms with E-state index in [-0.39, 0.29) is 41.5 Å². The summed E-state index contributed by atoms with van der Waals surface area (Å²) < 4.78 is 38.4. The minimum atomic E-state index is -4.50.